The molecule has 2 aromatic carbocycles. The Balaban J connectivity index is 2.16. The fraction of sp³-hybridized carbons (Fsp3) is 0.318. The van der Waals surface area contributed by atoms with E-state index >= 15 is 0 Å². The second-order valence-corrected chi connectivity index (χ2v) is 7.25. The summed E-state index contributed by atoms with van der Waals surface area (Å²) in [5, 5.41) is 15.1. The largest absolute Gasteiger partial charge is 0.481 e. The van der Waals surface area contributed by atoms with Crippen molar-refractivity contribution >= 4 is 29.4 Å². The summed E-state index contributed by atoms with van der Waals surface area (Å²) in [6.45, 7) is 1.92. The van der Waals surface area contributed by atoms with Gasteiger partial charge in [0.15, 0.2) is 0 Å². The molecule has 3 N–H and O–H groups in total. The minimum atomic E-state index is -0.978. The molecule has 2 aromatic rings. The number of carbonyl (C=O) groups is 3. The van der Waals surface area contributed by atoms with E-state index in [2.05, 4.69) is 10.6 Å². The Labute approximate surface area is 175 Å². The van der Waals surface area contributed by atoms with E-state index in [1.807, 2.05) is 37.3 Å². The van der Waals surface area contributed by atoms with Gasteiger partial charge in [-0.05, 0) is 36.2 Å². The average Bonchev–Trinajstić information content (AvgIpc) is 2.68. The van der Waals surface area contributed by atoms with Crippen LogP contribution in [0.4, 0.5) is 0 Å². The van der Waals surface area contributed by atoms with E-state index in [1.165, 1.54) is 0 Å². The number of benzene rings is 2. The van der Waals surface area contributed by atoms with E-state index in [4.69, 9.17) is 16.7 Å². The molecule has 0 heterocycles. The van der Waals surface area contributed by atoms with Gasteiger partial charge in [0.2, 0.25) is 5.91 Å². The summed E-state index contributed by atoms with van der Waals surface area (Å²) in [5.41, 5.74) is 1.27. The maximum Gasteiger partial charge on any atom is 0.305 e. The third-order valence-electron chi connectivity index (χ3n) is 4.42. The maximum atomic E-state index is 12.9. The summed E-state index contributed by atoms with van der Waals surface area (Å²) in [5.74, 6) is -1.78. The van der Waals surface area contributed by atoms with Crippen molar-refractivity contribution in [3.63, 3.8) is 0 Å². The van der Waals surface area contributed by atoms with Crippen LogP contribution >= 0.6 is 11.6 Å². The Morgan fingerprint density at radius 3 is 2.24 bits per heavy atom. The summed E-state index contributed by atoms with van der Waals surface area (Å²) in [6.07, 6.45) is 1.40. The number of aliphatic carboxylic acids is 1. The number of carboxylic acid groups (broad SMARTS) is 1. The van der Waals surface area contributed by atoms with Crippen LogP contribution in [0.3, 0.4) is 0 Å². The predicted octanol–water partition coefficient (Wildman–Crippen LogP) is 3.44. The van der Waals surface area contributed by atoms with Gasteiger partial charge < -0.3 is 15.7 Å². The quantitative estimate of drug-likeness (QED) is 0.552. The zero-order valence-corrected chi connectivity index (χ0v) is 17.0. The van der Waals surface area contributed by atoms with Gasteiger partial charge in [-0.25, -0.2) is 0 Å². The number of hydrogen-bond acceptors (Lipinski definition) is 3. The minimum Gasteiger partial charge on any atom is -0.481 e. The number of halogens is 1. The average molecular weight is 417 g/mol. The van der Waals surface area contributed by atoms with Gasteiger partial charge in [0.25, 0.3) is 5.91 Å². The highest BCUT2D eigenvalue weighted by molar-refractivity contribution is 6.30. The van der Waals surface area contributed by atoms with Gasteiger partial charge in [0, 0.05) is 23.0 Å². The van der Waals surface area contributed by atoms with Crippen LogP contribution in [-0.4, -0.2) is 35.0 Å². The topological polar surface area (TPSA) is 95.5 Å². The first kappa shape index (κ1) is 22.4. The third-order valence-corrected chi connectivity index (χ3v) is 4.67. The van der Waals surface area contributed by atoms with E-state index in [-0.39, 0.29) is 12.8 Å². The Bertz CT molecular complexity index is 824. The third kappa shape index (κ3) is 7.58. The summed E-state index contributed by atoms with van der Waals surface area (Å²) >= 11 is 5.86. The summed E-state index contributed by atoms with van der Waals surface area (Å²) in [7, 11) is 0. The Hall–Kier alpha value is -2.86. The molecule has 0 aliphatic heterocycles. The molecule has 0 bridgehead atoms. The van der Waals surface area contributed by atoms with Crippen LogP contribution < -0.4 is 10.6 Å². The number of rotatable bonds is 10. The molecule has 2 atom stereocenters. The molecule has 29 heavy (non-hydrogen) atoms. The first-order valence-electron chi connectivity index (χ1n) is 9.51. The molecule has 2 unspecified atom stereocenters. The number of amides is 2. The van der Waals surface area contributed by atoms with Crippen molar-refractivity contribution in [1.82, 2.24) is 10.6 Å². The monoisotopic (exact) mass is 416 g/mol. The van der Waals surface area contributed by atoms with Gasteiger partial charge >= 0.3 is 5.97 Å². The second kappa shape index (κ2) is 11.2. The lowest BCUT2D eigenvalue weighted by Crippen LogP contribution is -2.51. The molecule has 7 heteroatoms. The molecule has 0 aromatic heterocycles. The summed E-state index contributed by atoms with van der Waals surface area (Å²) < 4.78 is 0. The molecule has 0 aliphatic rings. The zero-order chi connectivity index (χ0) is 21.2. The van der Waals surface area contributed by atoms with Crippen LogP contribution in [-0.2, 0) is 16.0 Å². The van der Waals surface area contributed by atoms with Crippen LogP contribution in [0.25, 0.3) is 0 Å². The van der Waals surface area contributed by atoms with E-state index in [0.29, 0.717) is 17.0 Å². The molecular formula is C22H25ClN2O4. The molecule has 0 aliphatic carbocycles. The van der Waals surface area contributed by atoms with E-state index in [1.54, 1.807) is 24.3 Å². The standard InChI is InChI=1S/C22H25ClN2O4/c1-2-6-18(14-20(26)27)24-22(29)19(13-15-7-4-3-5-8-15)25-21(28)16-9-11-17(23)12-10-16/h3-5,7-12,18-19H,2,6,13-14H2,1H3,(H,24,29)(H,25,28)(H,26,27). The molecule has 0 saturated heterocycles. The Morgan fingerprint density at radius 2 is 1.66 bits per heavy atom. The van der Waals surface area contributed by atoms with E-state index in [0.717, 1.165) is 12.0 Å². The number of carboxylic acids is 1. The smallest absolute Gasteiger partial charge is 0.305 e. The number of nitrogens with one attached hydrogen (secondary N) is 2. The lowest BCUT2D eigenvalue weighted by atomic mass is 10.0. The second-order valence-electron chi connectivity index (χ2n) is 6.81. The summed E-state index contributed by atoms with van der Waals surface area (Å²) in [6, 6.07) is 14.4. The number of carbonyl (C=O) groups excluding carboxylic acids is 2. The molecule has 0 radical (unpaired) electrons. The van der Waals surface area contributed by atoms with Gasteiger partial charge in [-0.15, -0.1) is 0 Å². The highest BCUT2D eigenvalue weighted by atomic mass is 35.5. The van der Waals surface area contributed by atoms with Crippen molar-refractivity contribution in [2.75, 3.05) is 0 Å². The first-order valence-corrected chi connectivity index (χ1v) is 9.89. The summed E-state index contributed by atoms with van der Waals surface area (Å²) in [4.78, 5) is 36.6. The molecule has 6 nitrogen and oxygen atoms in total. The Morgan fingerprint density at radius 1 is 1.00 bits per heavy atom. The highest BCUT2D eigenvalue weighted by Crippen LogP contribution is 2.11. The van der Waals surface area contributed by atoms with Crippen LogP contribution in [0.15, 0.2) is 54.6 Å². The Kier molecular flexibility index (Phi) is 8.68. The van der Waals surface area contributed by atoms with Gasteiger partial charge in [0.05, 0.1) is 6.42 Å². The van der Waals surface area contributed by atoms with Gasteiger partial charge in [-0.2, -0.15) is 0 Å². The molecular weight excluding hydrogens is 392 g/mol. The van der Waals surface area contributed by atoms with Gasteiger partial charge in [0.1, 0.15) is 6.04 Å². The van der Waals surface area contributed by atoms with Crippen molar-refractivity contribution in [3.8, 4) is 0 Å². The molecule has 2 rings (SSSR count). The lowest BCUT2D eigenvalue weighted by Gasteiger charge is -2.23. The molecule has 2 amide bonds. The number of hydrogen-bond donors (Lipinski definition) is 3. The van der Waals surface area contributed by atoms with Crippen molar-refractivity contribution in [2.24, 2.45) is 0 Å². The minimum absolute atomic E-state index is 0.164. The zero-order valence-electron chi connectivity index (χ0n) is 16.2. The molecule has 0 saturated carbocycles. The van der Waals surface area contributed by atoms with Crippen LogP contribution in [0, 0.1) is 0 Å². The van der Waals surface area contributed by atoms with Crippen LogP contribution in [0.1, 0.15) is 42.1 Å². The van der Waals surface area contributed by atoms with Crippen LogP contribution in [0.2, 0.25) is 5.02 Å². The SMILES string of the molecule is CCCC(CC(=O)O)NC(=O)C(Cc1ccccc1)NC(=O)c1ccc(Cl)cc1. The highest BCUT2D eigenvalue weighted by Gasteiger charge is 2.25. The van der Waals surface area contributed by atoms with Crippen molar-refractivity contribution in [1.29, 1.82) is 0 Å². The van der Waals surface area contributed by atoms with Gasteiger partial charge in [-0.1, -0.05) is 55.3 Å². The van der Waals surface area contributed by atoms with Crippen molar-refractivity contribution < 1.29 is 19.5 Å². The predicted molar refractivity (Wildman–Crippen MR) is 112 cm³/mol. The molecule has 0 spiro atoms. The normalized spacial score (nSPS) is 12.6. The van der Waals surface area contributed by atoms with Crippen molar-refractivity contribution in [2.45, 2.75) is 44.7 Å². The molecule has 154 valence electrons. The van der Waals surface area contributed by atoms with Crippen molar-refractivity contribution in [3.05, 3.63) is 70.7 Å². The lowest BCUT2D eigenvalue weighted by molar-refractivity contribution is -0.137. The van der Waals surface area contributed by atoms with E-state index < -0.39 is 29.9 Å². The fourth-order valence-corrected chi connectivity index (χ4v) is 3.11. The fourth-order valence-electron chi connectivity index (χ4n) is 2.99. The maximum absolute atomic E-state index is 12.9. The first-order chi connectivity index (χ1) is 13.9. The van der Waals surface area contributed by atoms with E-state index in [9.17, 15) is 14.4 Å². The molecule has 0 fully saturated rings. The van der Waals surface area contributed by atoms with Crippen LogP contribution in [0.5, 0.6) is 0 Å². The van der Waals surface area contributed by atoms with Gasteiger partial charge in [-0.3, -0.25) is 14.4 Å².